The van der Waals surface area contributed by atoms with Gasteiger partial charge in [-0.1, -0.05) is 48.8 Å². The SMILES string of the molecule is CC1(C)CN=C(SCCSc2cc(Cl)ccc2Cl)NC1. The van der Waals surface area contributed by atoms with Crippen LogP contribution < -0.4 is 5.32 Å². The van der Waals surface area contributed by atoms with Crippen LogP contribution in [-0.4, -0.2) is 29.8 Å². The number of hydrogen-bond donors (Lipinski definition) is 1. The third kappa shape index (κ3) is 5.06. The average molecular weight is 349 g/mol. The van der Waals surface area contributed by atoms with Gasteiger partial charge in [0.05, 0.1) is 5.02 Å². The van der Waals surface area contributed by atoms with Crippen molar-refractivity contribution in [1.29, 1.82) is 0 Å². The van der Waals surface area contributed by atoms with Gasteiger partial charge in [0.1, 0.15) is 0 Å². The van der Waals surface area contributed by atoms with E-state index in [1.807, 2.05) is 18.2 Å². The van der Waals surface area contributed by atoms with Gasteiger partial charge in [-0.2, -0.15) is 0 Å². The van der Waals surface area contributed by atoms with Crippen molar-refractivity contribution in [2.45, 2.75) is 18.7 Å². The molecule has 0 fully saturated rings. The Bertz CT molecular complexity index is 504. The minimum atomic E-state index is 0.271. The molecule has 20 heavy (non-hydrogen) atoms. The molecule has 1 N–H and O–H groups in total. The summed E-state index contributed by atoms with van der Waals surface area (Å²) in [4.78, 5) is 5.61. The summed E-state index contributed by atoms with van der Waals surface area (Å²) in [5, 5.41) is 5.93. The largest absolute Gasteiger partial charge is 0.364 e. The molecule has 2 rings (SSSR count). The smallest absolute Gasteiger partial charge is 0.156 e. The van der Waals surface area contributed by atoms with Gasteiger partial charge >= 0.3 is 0 Å². The zero-order valence-electron chi connectivity index (χ0n) is 11.6. The molecule has 0 aromatic heterocycles. The van der Waals surface area contributed by atoms with Crippen LogP contribution in [0.5, 0.6) is 0 Å². The first-order valence-electron chi connectivity index (χ1n) is 6.45. The fourth-order valence-electron chi connectivity index (χ4n) is 1.69. The van der Waals surface area contributed by atoms with Crippen molar-refractivity contribution in [2.75, 3.05) is 24.6 Å². The van der Waals surface area contributed by atoms with Gasteiger partial charge in [-0.05, 0) is 18.2 Å². The number of nitrogens with zero attached hydrogens (tertiary/aromatic N) is 1. The highest BCUT2D eigenvalue weighted by Gasteiger charge is 2.22. The minimum absolute atomic E-state index is 0.271. The maximum absolute atomic E-state index is 6.13. The number of rotatable bonds is 4. The van der Waals surface area contributed by atoms with Crippen LogP contribution in [0.15, 0.2) is 28.1 Å². The number of thioether (sulfide) groups is 2. The maximum atomic E-state index is 6.13. The van der Waals surface area contributed by atoms with Crippen LogP contribution in [0.4, 0.5) is 0 Å². The van der Waals surface area contributed by atoms with E-state index in [0.717, 1.165) is 44.7 Å². The molecule has 0 saturated carbocycles. The fourth-order valence-corrected chi connectivity index (χ4v) is 4.03. The summed E-state index contributed by atoms with van der Waals surface area (Å²) >= 11 is 15.6. The predicted molar refractivity (Wildman–Crippen MR) is 93.7 cm³/mol. The minimum Gasteiger partial charge on any atom is -0.364 e. The van der Waals surface area contributed by atoms with Crippen LogP contribution in [0.1, 0.15) is 13.8 Å². The molecule has 0 spiro atoms. The summed E-state index contributed by atoms with van der Waals surface area (Å²) in [5.41, 5.74) is 0.271. The molecule has 0 saturated heterocycles. The highest BCUT2D eigenvalue weighted by molar-refractivity contribution is 8.14. The Kier molecular flexibility index (Phi) is 5.96. The summed E-state index contributed by atoms with van der Waals surface area (Å²) in [6.45, 7) is 6.34. The predicted octanol–water partition coefficient (Wildman–Crippen LogP) is 4.80. The molecule has 0 unspecified atom stereocenters. The second-order valence-electron chi connectivity index (χ2n) is 5.41. The molecular formula is C14H18Cl2N2S2. The summed E-state index contributed by atoms with van der Waals surface area (Å²) in [6, 6.07) is 5.57. The van der Waals surface area contributed by atoms with E-state index >= 15 is 0 Å². The lowest BCUT2D eigenvalue weighted by atomic mass is 9.93. The van der Waals surface area contributed by atoms with E-state index in [-0.39, 0.29) is 5.41 Å². The Hall–Kier alpha value is -0.0300. The molecule has 0 bridgehead atoms. The number of benzene rings is 1. The Labute approximate surface area is 139 Å². The van der Waals surface area contributed by atoms with Crippen LogP contribution in [0, 0.1) is 5.41 Å². The van der Waals surface area contributed by atoms with E-state index in [9.17, 15) is 0 Å². The van der Waals surface area contributed by atoms with E-state index in [2.05, 4.69) is 24.2 Å². The molecule has 1 aromatic rings. The Morgan fingerprint density at radius 2 is 2.00 bits per heavy atom. The molecular weight excluding hydrogens is 331 g/mol. The summed E-state index contributed by atoms with van der Waals surface area (Å²) in [7, 11) is 0. The summed E-state index contributed by atoms with van der Waals surface area (Å²) < 4.78 is 0. The van der Waals surface area contributed by atoms with Crippen molar-refractivity contribution in [3.05, 3.63) is 28.2 Å². The van der Waals surface area contributed by atoms with E-state index in [1.54, 1.807) is 23.5 Å². The van der Waals surface area contributed by atoms with Gasteiger partial charge in [0.2, 0.25) is 0 Å². The highest BCUT2D eigenvalue weighted by Crippen LogP contribution is 2.30. The molecule has 1 aromatic carbocycles. The fraction of sp³-hybridized carbons (Fsp3) is 0.500. The third-order valence-electron chi connectivity index (χ3n) is 2.84. The first-order chi connectivity index (χ1) is 9.46. The quantitative estimate of drug-likeness (QED) is 0.624. The van der Waals surface area contributed by atoms with Gasteiger partial charge in [-0.25, -0.2) is 0 Å². The molecule has 110 valence electrons. The van der Waals surface area contributed by atoms with Crippen molar-refractivity contribution >= 4 is 51.9 Å². The summed E-state index contributed by atoms with van der Waals surface area (Å²) in [6.07, 6.45) is 0. The van der Waals surface area contributed by atoms with Gasteiger partial charge in [0, 0.05) is 39.9 Å². The third-order valence-corrected chi connectivity index (χ3v) is 5.79. The van der Waals surface area contributed by atoms with E-state index < -0.39 is 0 Å². The summed E-state index contributed by atoms with van der Waals surface area (Å²) in [5.74, 6) is 1.98. The topological polar surface area (TPSA) is 24.4 Å². The molecule has 0 atom stereocenters. The lowest BCUT2D eigenvalue weighted by molar-refractivity contribution is 0.364. The van der Waals surface area contributed by atoms with Crippen LogP contribution in [0.25, 0.3) is 0 Å². The molecule has 0 radical (unpaired) electrons. The standard InChI is InChI=1S/C14H18Cl2N2S2/c1-14(2)8-17-13(18-9-14)20-6-5-19-12-7-10(15)3-4-11(12)16/h3-4,7H,5-6,8-9H2,1-2H3,(H,17,18). The Balaban J connectivity index is 1.74. The van der Waals surface area contributed by atoms with E-state index in [4.69, 9.17) is 23.2 Å². The Morgan fingerprint density at radius 1 is 1.25 bits per heavy atom. The van der Waals surface area contributed by atoms with Crippen molar-refractivity contribution in [3.63, 3.8) is 0 Å². The molecule has 1 aliphatic heterocycles. The molecule has 6 heteroatoms. The van der Waals surface area contributed by atoms with Gasteiger partial charge in [-0.15, -0.1) is 11.8 Å². The van der Waals surface area contributed by atoms with Gasteiger partial charge in [0.15, 0.2) is 5.17 Å². The van der Waals surface area contributed by atoms with Crippen molar-refractivity contribution in [1.82, 2.24) is 5.32 Å². The second-order valence-corrected chi connectivity index (χ2v) is 8.47. The monoisotopic (exact) mass is 348 g/mol. The zero-order valence-corrected chi connectivity index (χ0v) is 14.7. The number of hydrogen-bond acceptors (Lipinski definition) is 4. The molecule has 0 aliphatic carbocycles. The molecule has 2 nitrogen and oxygen atoms in total. The van der Waals surface area contributed by atoms with Crippen molar-refractivity contribution in [2.24, 2.45) is 10.4 Å². The zero-order chi connectivity index (χ0) is 14.6. The van der Waals surface area contributed by atoms with Crippen LogP contribution >= 0.6 is 46.7 Å². The average Bonchev–Trinajstić information content (AvgIpc) is 2.40. The second kappa shape index (κ2) is 7.30. The normalized spacial score (nSPS) is 17.5. The Morgan fingerprint density at radius 3 is 2.70 bits per heavy atom. The van der Waals surface area contributed by atoms with Crippen LogP contribution in [0.3, 0.4) is 0 Å². The maximum Gasteiger partial charge on any atom is 0.156 e. The van der Waals surface area contributed by atoms with Gasteiger partial charge in [-0.3, -0.25) is 4.99 Å². The molecule has 1 aliphatic rings. The first-order valence-corrected chi connectivity index (χ1v) is 9.18. The lowest BCUT2D eigenvalue weighted by Crippen LogP contribution is -2.39. The molecule has 0 amide bonds. The van der Waals surface area contributed by atoms with Crippen LogP contribution in [-0.2, 0) is 0 Å². The van der Waals surface area contributed by atoms with Gasteiger partial charge < -0.3 is 5.32 Å². The van der Waals surface area contributed by atoms with Gasteiger partial charge in [0.25, 0.3) is 0 Å². The molecule has 1 heterocycles. The number of amidine groups is 1. The number of nitrogens with one attached hydrogen (secondary N) is 1. The highest BCUT2D eigenvalue weighted by atomic mass is 35.5. The first kappa shape index (κ1) is 16.3. The lowest BCUT2D eigenvalue weighted by Gasteiger charge is -2.28. The van der Waals surface area contributed by atoms with Crippen LogP contribution in [0.2, 0.25) is 10.0 Å². The van der Waals surface area contributed by atoms with E-state index in [1.165, 1.54) is 0 Å². The van der Waals surface area contributed by atoms with E-state index in [0.29, 0.717) is 0 Å². The number of halogens is 2. The van der Waals surface area contributed by atoms with Crippen molar-refractivity contribution < 1.29 is 0 Å². The number of aliphatic imine (C=N–C) groups is 1. The van der Waals surface area contributed by atoms with Crippen molar-refractivity contribution in [3.8, 4) is 0 Å².